The number of ketones is 1. The SMILES string of the molecule is Cc1nsc(Oc2ccc3c(c2)CCC3=O)n1. The Balaban J connectivity index is 1.88. The van der Waals surface area contributed by atoms with Crippen LogP contribution in [0.4, 0.5) is 0 Å². The first-order chi connectivity index (χ1) is 8.22. The molecule has 0 spiro atoms. The molecule has 0 unspecified atom stereocenters. The molecule has 0 fully saturated rings. The zero-order chi connectivity index (χ0) is 11.8. The molecule has 1 aliphatic rings. The Bertz CT molecular complexity index is 592. The molecule has 1 aromatic heterocycles. The highest BCUT2D eigenvalue weighted by Gasteiger charge is 2.19. The second-order valence-electron chi connectivity index (χ2n) is 3.95. The summed E-state index contributed by atoms with van der Waals surface area (Å²) in [5.74, 6) is 1.65. The Kier molecular flexibility index (Phi) is 2.40. The molecule has 86 valence electrons. The highest BCUT2D eigenvalue weighted by atomic mass is 32.1. The number of carbonyl (C=O) groups is 1. The molecule has 1 aliphatic carbocycles. The van der Waals surface area contributed by atoms with Gasteiger partial charge in [-0.05, 0) is 37.1 Å². The van der Waals surface area contributed by atoms with Crippen LogP contribution in [0.15, 0.2) is 18.2 Å². The molecule has 5 heteroatoms. The van der Waals surface area contributed by atoms with Crippen LogP contribution in [0.3, 0.4) is 0 Å². The van der Waals surface area contributed by atoms with Crippen LogP contribution in [0.25, 0.3) is 0 Å². The minimum Gasteiger partial charge on any atom is -0.430 e. The average molecular weight is 246 g/mol. The largest absolute Gasteiger partial charge is 0.430 e. The number of fused-ring (bicyclic) bond motifs is 1. The topological polar surface area (TPSA) is 52.1 Å². The van der Waals surface area contributed by atoms with E-state index in [1.807, 2.05) is 19.1 Å². The normalized spacial score (nSPS) is 13.8. The lowest BCUT2D eigenvalue weighted by Gasteiger charge is -2.03. The fourth-order valence-electron chi connectivity index (χ4n) is 1.92. The first-order valence-corrected chi connectivity index (χ1v) is 6.14. The predicted molar refractivity (Wildman–Crippen MR) is 63.8 cm³/mol. The number of rotatable bonds is 2. The van der Waals surface area contributed by atoms with Crippen LogP contribution in [0.2, 0.25) is 0 Å². The summed E-state index contributed by atoms with van der Waals surface area (Å²) in [5.41, 5.74) is 1.89. The first-order valence-electron chi connectivity index (χ1n) is 5.37. The summed E-state index contributed by atoms with van der Waals surface area (Å²) in [5, 5.41) is 0.534. The summed E-state index contributed by atoms with van der Waals surface area (Å²) < 4.78 is 9.64. The number of nitrogens with zero attached hydrogens (tertiary/aromatic N) is 2. The molecule has 0 N–H and O–H groups in total. The zero-order valence-corrected chi connectivity index (χ0v) is 10.1. The molecule has 0 saturated carbocycles. The van der Waals surface area contributed by atoms with E-state index in [2.05, 4.69) is 9.36 Å². The maximum absolute atomic E-state index is 11.5. The lowest BCUT2D eigenvalue weighted by molar-refractivity contribution is 0.0994. The number of Topliss-reactive ketones (excluding diaryl/α,β-unsaturated/α-hetero) is 1. The van der Waals surface area contributed by atoms with Gasteiger partial charge >= 0.3 is 0 Å². The molecular weight excluding hydrogens is 236 g/mol. The molecule has 2 aromatic rings. The van der Waals surface area contributed by atoms with Crippen molar-refractivity contribution < 1.29 is 9.53 Å². The van der Waals surface area contributed by atoms with Crippen LogP contribution < -0.4 is 4.74 Å². The lowest BCUT2D eigenvalue weighted by Crippen LogP contribution is -1.91. The quantitative estimate of drug-likeness (QED) is 0.817. The van der Waals surface area contributed by atoms with Gasteiger partial charge in [0.05, 0.1) is 0 Å². The molecule has 0 radical (unpaired) electrons. The number of hydrogen-bond donors (Lipinski definition) is 0. The van der Waals surface area contributed by atoms with Gasteiger partial charge in [-0.3, -0.25) is 4.79 Å². The van der Waals surface area contributed by atoms with Gasteiger partial charge in [-0.1, -0.05) is 0 Å². The number of benzene rings is 1. The van der Waals surface area contributed by atoms with Gasteiger partial charge in [0.25, 0.3) is 5.19 Å². The maximum atomic E-state index is 11.5. The third-order valence-electron chi connectivity index (χ3n) is 2.71. The van der Waals surface area contributed by atoms with E-state index in [9.17, 15) is 4.79 Å². The van der Waals surface area contributed by atoms with E-state index in [0.717, 1.165) is 23.3 Å². The van der Waals surface area contributed by atoms with E-state index in [1.54, 1.807) is 6.07 Å². The molecule has 0 atom stereocenters. The Hall–Kier alpha value is -1.75. The summed E-state index contributed by atoms with van der Waals surface area (Å²) in [6.07, 6.45) is 1.41. The number of aromatic nitrogens is 2. The van der Waals surface area contributed by atoms with E-state index in [1.165, 1.54) is 11.5 Å². The molecular formula is C12H10N2O2S. The minimum atomic E-state index is 0.221. The van der Waals surface area contributed by atoms with Crippen molar-refractivity contribution in [2.75, 3.05) is 0 Å². The molecule has 4 nitrogen and oxygen atoms in total. The molecule has 1 aromatic carbocycles. The van der Waals surface area contributed by atoms with Gasteiger partial charge in [0.15, 0.2) is 5.78 Å². The van der Waals surface area contributed by atoms with Crippen molar-refractivity contribution >= 4 is 17.3 Å². The van der Waals surface area contributed by atoms with Gasteiger partial charge < -0.3 is 4.74 Å². The molecule has 0 bridgehead atoms. The predicted octanol–water partition coefficient (Wildman–Crippen LogP) is 2.77. The Labute approximate surface area is 102 Å². The summed E-state index contributed by atoms with van der Waals surface area (Å²) in [6, 6.07) is 5.55. The van der Waals surface area contributed by atoms with Crippen molar-refractivity contribution in [3.8, 4) is 10.9 Å². The van der Waals surface area contributed by atoms with Crippen LogP contribution in [-0.2, 0) is 6.42 Å². The minimum absolute atomic E-state index is 0.221. The molecule has 1 heterocycles. The van der Waals surface area contributed by atoms with Crippen molar-refractivity contribution in [3.63, 3.8) is 0 Å². The van der Waals surface area contributed by atoms with Crippen LogP contribution in [-0.4, -0.2) is 15.1 Å². The Morgan fingerprint density at radius 2 is 2.24 bits per heavy atom. The second kappa shape index (κ2) is 3.92. The Morgan fingerprint density at radius 1 is 1.35 bits per heavy atom. The van der Waals surface area contributed by atoms with Crippen LogP contribution in [0.5, 0.6) is 10.9 Å². The van der Waals surface area contributed by atoms with E-state index < -0.39 is 0 Å². The number of carbonyl (C=O) groups excluding carboxylic acids is 1. The average Bonchev–Trinajstić information content (AvgIpc) is 2.87. The summed E-state index contributed by atoms with van der Waals surface area (Å²) in [6.45, 7) is 1.82. The van der Waals surface area contributed by atoms with Gasteiger partial charge in [0.2, 0.25) is 0 Å². The molecule has 17 heavy (non-hydrogen) atoms. The number of hydrogen-bond acceptors (Lipinski definition) is 5. The highest BCUT2D eigenvalue weighted by molar-refractivity contribution is 7.07. The fourth-order valence-corrected chi connectivity index (χ4v) is 2.47. The molecule has 3 rings (SSSR count). The standard InChI is InChI=1S/C12H10N2O2S/c1-7-13-12(17-14-7)16-9-3-4-10-8(6-9)2-5-11(10)15/h3-4,6H,2,5H2,1H3. The second-order valence-corrected chi connectivity index (χ2v) is 4.67. The van der Waals surface area contributed by atoms with Crippen LogP contribution in [0, 0.1) is 6.92 Å². The lowest BCUT2D eigenvalue weighted by atomic mass is 10.1. The monoisotopic (exact) mass is 246 g/mol. The van der Waals surface area contributed by atoms with Crippen molar-refractivity contribution in [2.24, 2.45) is 0 Å². The van der Waals surface area contributed by atoms with Crippen LogP contribution in [0.1, 0.15) is 28.2 Å². The highest BCUT2D eigenvalue weighted by Crippen LogP contribution is 2.29. The fraction of sp³-hybridized carbons (Fsp3) is 0.250. The van der Waals surface area contributed by atoms with Crippen molar-refractivity contribution in [1.29, 1.82) is 0 Å². The number of ether oxygens (including phenoxy) is 1. The van der Waals surface area contributed by atoms with Crippen molar-refractivity contribution in [3.05, 3.63) is 35.2 Å². The van der Waals surface area contributed by atoms with Gasteiger partial charge in [-0.25, -0.2) is 0 Å². The summed E-state index contributed by atoms with van der Waals surface area (Å²) in [7, 11) is 0. The zero-order valence-electron chi connectivity index (χ0n) is 9.27. The molecule has 0 saturated heterocycles. The van der Waals surface area contributed by atoms with Gasteiger partial charge in [0, 0.05) is 23.5 Å². The van der Waals surface area contributed by atoms with E-state index in [4.69, 9.17) is 4.74 Å². The maximum Gasteiger partial charge on any atom is 0.298 e. The summed E-state index contributed by atoms with van der Waals surface area (Å²) >= 11 is 1.23. The van der Waals surface area contributed by atoms with Crippen molar-refractivity contribution in [1.82, 2.24) is 9.36 Å². The van der Waals surface area contributed by atoms with E-state index in [0.29, 0.717) is 17.4 Å². The third kappa shape index (κ3) is 1.93. The smallest absolute Gasteiger partial charge is 0.298 e. The van der Waals surface area contributed by atoms with E-state index in [-0.39, 0.29) is 5.78 Å². The van der Waals surface area contributed by atoms with Gasteiger partial charge in [0.1, 0.15) is 11.6 Å². The molecule has 0 amide bonds. The third-order valence-corrected chi connectivity index (χ3v) is 3.40. The van der Waals surface area contributed by atoms with Crippen molar-refractivity contribution in [2.45, 2.75) is 19.8 Å². The van der Waals surface area contributed by atoms with Gasteiger partial charge in [-0.15, -0.1) is 0 Å². The van der Waals surface area contributed by atoms with E-state index >= 15 is 0 Å². The Morgan fingerprint density at radius 3 is 3.00 bits per heavy atom. The number of aryl methyl sites for hydroxylation is 2. The van der Waals surface area contributed by atoms with Crippen LogP contribution >= 0.6 is 11.5 Å². The first kappa shape index (κ1) is 10.4. The summed E-state index contributed by atoms with van der Waals surface area (Å²) in [4.78, 5) is 15.6. The molecule has 0 aliphatic heterocycles. The van der Waals surface area contributed by atoms with Gasteiger partial charge in [-0.2, -0.15) is 9.36 Å².